The average molecular weight is 510 g/mol. The molecule has 1 unspecified atom stereocenters. The minimum atomic E-state index is -0.289. The minimum Gasteiger partial charge on any atom is -0.492 e. The molecular formula is C33H32FNO3. The van der Waals surface area contributed by atoms with E-state index in [2.05, 4.69) is 54.3 Å². The van der Waals surface area contributed by atoms with Crippen LogP contribution in [0.1, 0.15) is 58.5 Å². The summed E-state index contributed by atoms with van der Waals surface area (Å²) in [6.07, 6.45) is 4.11. The van der Waals surface area contributed by atoms with Crippen molar-refractivity contribution < 1.29 is 18.7 Å². The Morgan fingerprint density at radius 2 is 1.71 bits per heavy atom. The lowest BCUT2D eigenvalue weighted by atomic mass is 9.85. The molecule has 2 heterocycles. The summed E-state index contributed by atoms with van der Waals surface area (Å²) in [5.74, 6) is 2.35. The van der Waals surface area contributed by atoms with Crippen molar-refractivity contribution in [3.05, 3.63) is 107 Å². The van der Waals surface area contributed by atoms with Gasteiger partial charge in [0.2, 0.25) is 0 Å². The molecule has 0 radical (unpaired) electrons. The van der Waals surface area contributed by atoms with Crippen molar-refractivity contribution in [1.82, 2.24) is 4.90 Å². The number of carbonyl (C=O) groups is 1. The van der Waals surface area contributed by atoms with Crippen LogP contribution in [0.5, 0.6) is 11.5 Å². The molecule has 1 saturated heterocycles. The fourth-order valence-corrected chi connectivity index (χ4v) is 5.43. The van der Waals surface area contributed by atoms with E-state index in [1.807, 2.05) is 36.4 Å². The number of benzene rings is 3. The maximum atomic E-state index is 12.6. The first kappa shape index (κ1) is 24.6. The highest BCUT2D eigenvalue weighted by Gasteiger charge is 2.30. The molecule has 3 aromatic carbocycles. The van der Waals surface area contributed by atoms with E-state index in [4.69, 9.17) is 9.47 Å². The van der Waals surface area contributed by atoms with Crippen LogP contribution in [0.4, 0.5) is 4.39 Å². The van der Waals surface area contributed by atoms with Crippen molar-refractivity contribution in [2.45, 2.75) is 25.9 Å². The summed E-state index contributed by atoms with van der Waals surface area (Å²) in [6, 6.07) is 22.4. The van der Waals surface area contributed by atoms with Gasteiger partial charge in [0, 0.05) is 48.2 Å². The van der Waals surface area contributed by atoms with E-state index in [0.29, 0.717) is 18.1 Å². The van der Waals surface area contributed by atoms with Gasteiger partial charge < -0.3 is 9.47 Å². The van der Waals surface area contributed by atoms with Gasteiger partial charge >= 0.3 is 0 Å². The predicted octanol–water partition coefficient (Wildman–Crippen LogP) is 6.89. The Balaban J connectivity index is 1.26. The van der Waals surface area contributed by atoms with Gasteiger partial charge in [-0.3, -0.25) is 14.1 Å². The number of hydrogen-bond donors (Lipinski definition) is 0. The molecular weight excluding hydrogens is 477 g/mol. The SMILES string of the molecule is CC(=O)c1ccc(C2=C(C)c3cc(C4C=C4)ccc3OC2c2ccc(OCCN3CC(CF)C3)cc2)cc1. The molecule has 6 rings (SSSR count). The second-order valence-corrected chi connectivity index (χ2v) is 10.5. The van der Waals surface area contributed by atoms with Crippen LogP contribution in [0.3, 0.4) is 0 Å². The Labute approximate surface area is 223 Å². The molecule has 0 bridgehead atoms. The molecule has 0 saturated carbocycles. The van der Waals surface area contributed by atoms with Gasteiger partial charge in [0.25, 0.3) is 0 Å². The van der Waals surface area contributed by atoms with Gasteiger partial charge in [-0.1, -0.05) is 54.6 Å². The van der Waals surface area contributed by atoms with E-state index >= 15 is 0 Å². The van der Waals surface area contributed by atoms with Crippen molar-refractivity contribution in [2.75, 3.05) is 32.9 Å². The van der Waals surface area contributed by atoms with Crippen LogP contribution >= 0.6 is 0 Å². The van der Waals surface area contributed by atoms with E-state index in [9.17, 15) is 9.18 Å². The van der Waals surface area contributed by atoms with Gasteiger partial charge in [-0.25, -0.2) is 0 Å². The van der Waals surface area contributed by atoms with Crippen LogP contribution in [-0.4, -0.2) is 43.6 Å². The van der Waals surface area contributed by atoms with E-state index in [-0.39, 0.29) is 24.5 Å². The summed E-state index contributed by atoms with van der Waals surface area (Å²) in [6.45, 7) is 6.54. The Kier molecular flexibility index (Phi) is 6.62. The number of ketones is 1. The van der Waals surface area contributed by atoms with Gasteiger partial charge in [0.15, 0.2) is 5.78 Å². The van der Waals surface area contributed by atoms with Crippen molar-refractivity contribution in [2.24, 2.45) is 5.92 Å². The molecule has 2 aliphatic heterocycles. The first-order chi connectivity index (χ1) is 18.5. The number of nitrogens with zero attached hydrogens (tertiary/aromatic N) is 1. The topological polar surface area (TPSA) is 38.8 Å². The number of alkyl halides is 1. The molecule has 0 N–H and O–H groups in total. The van der Waals surface area contributed by atoms with Crippen LogP contribution < -0.4 is 9.47 Å². The number of hydrogen-bond acceptors (Lipinski definition) is 4. The lowest BCUT2D eigenvalue weighted by Gasteiger charge is -2.37. The van der Waals surface area contributed by atoms with Crippen molar-refractivity contribution in [1.29, 1.82) is 0 Å². The third-order valence-corrected chi connectivity index (χ3v) is 7.80. The van der Waals surface area contributed by atoms with Crippen LogP contribution in [-0.2, 0) is 0 Å². The third-order valence-electron chi connectivity index (χ3n) is 7.80. The lowest BCUT2D eigenvalue weighted by molar-refractivity contribution is 0.0668. The van der Waals surface area contributed by atoms with Gasteiger partial charge in [-0.15, -0.1) is 0 Å². The zero-order valence-electron chi connectivity index (χ0n) is 21.8. The maximum absolute atomic E-state index is 12.6. The normalized spacial score (nSPS) is 19.1. The summed E-state index contributed by atoms with van der Waals surface area (Å²) in [7, 11) is 0. The number of rotatable bonds is 9. The Bertz CT molecular complexity index is 1400. The minimum absolute atomic E-state index is 0.0533. The monoisotopic (exact) mass is 509 g/mol. The molecule has 4 nitrogen and oxygen atoms in total. The molecule has 5 heteroatoms. The van der Waals surface area contributed by atoms with Crippen LogP contribution in [0, 0.1) is 5.92 Å². The number of Topliss-reactive ketones (excluding diaryl/α,β-unsaturated/α-hetero) is 1. The highest BCUT2D eigenvalue weighted by molar-refractivity contribution is 5.97. The van der Waals surface area contributed by atoms with Gasteiger partial charge in [0.1, 0.15) is 24.2 Å². The molecule has 38 heavy (non-hydrogen) atoms. The number of ether oxygens (including phenoxy) is 2. The fraction of sp³-hybridized carbons (Fsp3) is 0.303. The second kappa shape index (κ2) is 10.2. The van der Waals surface area contributed by atoms with Crippen LogP contribution in [0.15, 0.2) is 78.9 Å². The highest BCUT2D eigenvalue weighted by atomic mass is 19.1. The standard InChI is InChI=1S/C33H32FNO3/c1-21-30-17-28(25-5-6-25)11-14-31(30)38-33(32(21)26-7-3-24(4-8-26)22(2)36)27-9-12-29(13-10-27)37-16-15-35-19-23(18-34)20-35/h3-14,17,23,25,33H,15-16,18-20H2,1-2H3. The van der Waals surface area contributed by atoms with Crippen molar-refractivity contribution in [3.63, 3.8) is 0 Å². The highest BCUT2D eigenvalue weighted by Crippen LogP contribution is 2.48. The molecule has 194 valence electrons. The summed E-state index contributed by atoms with van der Waals surface area (Å²) in [5.41, 5.74) is 7.44. The van der Waals surface area contributed by atoms with Crippen LogP contribution in [0.25, 0.3) is 11.1 Å². The molecule has 1 fully saturated rings. The number of fused-ring (bicyclic) bond motifs is 1. The second-order valence-electron chi connectivity index (χ2n) is 10.5. The quantitative estimate of drug-likeness (QED) is 0.233. The van der Waals surface area contributed by atoms with E-state index < -0.39 is 0 Å². The van der Waals surface area contributed by atoms with E-state index in [1.54, 1.807) is 6.92 Å². The Morgan fingerprint density at radius 1 is 1.00 bits per heavy atom. The van der Waals surface area contributed by atoms with E-state index in [0.717, 1.165) is 53.4 Å². The van der Waals surface area contributed by atoms with Crippen LogP contribution in [0.2, 0.25) is 0 Å². The predicted molar refractivity (Wildman–Crippen MR) is 148 cm³/mol. The van der Waals surface area contributed by atoms with Gasteiger partial charge in [-0.2, -0.15) is 0 Å². The van der Waals surface area contributed by atoms with Gasteiger partial charge in [-0.05, 0) is 60.4 Å². The zero-order valence-corrected chi connectivity index (χ0v) is 21.8. The molecule has 1 atom stereocenters. The number of halogens is 1. The largest absolute Gasteiger partial charge is 0.492 e. The Hall–Kier alpha value is -3.70. The summed E-state index contributed by atoms with van der Waals surface area (Å²) in [4.78, 5) is 14.1. The van der Waals surface area contributed by atoms with Crippen molar-refractivity contribution >= 4 is 16.9 Å². The molecule has 1 aliphatic carbocycles. The van der Waals surface area contributed by atoms with Gasteiger partial charge in [0.05, 0.1) is 6.67 Å². The first-order valence-corrected chi connectivity index (χ1v) is 13.3. The molecule has 0 spiro atoms. The average Bonchev–Trinajstić information content (AvgIpc) is 3.76. The van der Waals surface area contributed by atoms with Crippen molar-refractivity contribution in [3.8, 4) is 11.5 Å². The van der Waals surface area contributed by atoms with E-state index in [1.165, 1.54) is 11.1 Å². The maximum Gasteiger partial charge on any atom is 0.159 e. The number of allylic oxidation sites excluding steroid dienone is 3. The smallest absolute Gasteiger partial charge is 0.159 e. The number of carbonyl (C=O) groups excluding carboxylic acids is 1. The summed E-state index contributed by atoms with van der Waals surface area (Å²) in [5, 5.41) is 0. The summed E-state index contributed by atoms with van der Waals surface area (Å²) >= 11 is 0. The Morgan fingerprint density at radius 3 is 2.37 bits per heavy atom. The molecule has 0 amide bonds. The zero-order chi connectivity index (χ0) is 26.2. The lowest BCUT2D eigenvalue weighted by Crippen LogP contribution is -2.49. The third kappa shape index (κ3) is 4.91. The molecule has 3 aliphatic rings. The fourth-order valence-electron chi connectivity index (χ4n) is 5.43. The molecule has 0 aromatic heterocycles. The first-order valence-electron chi connectivity index (χ1n) is 13.3. The molecule has 3 aromatic rings. The number of likely N-dealkylation sites (tertiary alicyclic amines) is 1. The summed E-state index contributed by atoms with van der Waals surface area (Å²) < 4.78 is 25.3.